The van der Waals surface area contributed by atoms with Gasteiger partial charge >= 0.3 is 5.97 Å². The van der Waals surface area contributed by atoms with Crippen LogP contribution < -0.4 is 15.4 Å². The van der Waals surface area contributed by atoms with E-state index in [2.05, 4.69) is 15.4 Å². The molecule has 0 saturated carbocycles. The Morgan fingerprint density at radius 3 is 2.43 bits per heavy atom. The van der Waals surface area contributed by atoms with E-state index in [1.54, 1.807) is 12.1 Å². The molecule has 1 amide bonds. The minimum absolute atomic E-state index is 0.159. The van der Waals surface area contributed by atoms with Crippen molar-refractivity contribution in [3.05, 3.63) is 29.3 Å². The summed E-state index contributed by atoms with van der Waals surface area (Å²) in [6.07, 6.45) is 1.80. The number of esters is 1. The Balaban J connectivity index is 2.16. The predicted molar refractivity (Wildman–Crippen MR) is 77.7 cm³/mol. The lowest BCUT2D eigenvalue weighted by atomic mass is 10.0. The molecular weight excluding hydrogens is 272 g/mol. The maximum absolute atomic E-state index is 12.3. The van der Waals surface area contributed by atoms with Gasteiger partial charge in [0.05, 0.1) is 19.8 Å². The second kappa shape index (κ2) is 7.08. The quantitative estimate of drug-likeness (QED) is 0.809. The summed E-state index contributed by atoms with van der Waals surface area (Å²) in [6, 6.07) is 4.84. The number of rotatable bonds is 4. The van der Waals surface area contributed by atoms with E-state index in [1.807, 2.05) is 0 Å². The van der Waals surface area contributed by atoms with Crippen molar-refractivity contribution < 1.29 is 19.1 Å². The minimum atomic E-state index is -0.496. The molecule has 2 rings (SSSR count). The van der Waals surface area contributed by atoms with Crippen LogP contribution in [0.4, 0.5) is 0 Å². The summed E-state index contributed by atoms with van der Waals surface area (Å²) in [5.41, 5.74) is 0.695. The summed E-state index contributed by atoms with van der Waals surface area (Å²) in [5, 5.41) is 6.23. The van der Waals surface area contributed by atoms with Crippen molar-refractivity contribution in [3.63, 3.8) is 0 Å². The third-order valence-electron chi connectivity index (χ3n) is 3.50. The molecule has 1 aliphatic heterocycles. The van der Waals surface area contributed by atoms with Crippen molar-refractivity contribution in [3.8, 4) is 5.75 Å². The summed E-state index contributed by atoms with van der Waals surface area (Å²) in [7, 11) is 2.79. The molecule has 6 nitrogen and oxygen atoms in total. The van der Waals surface area contributed by atoms with Crippen molar-refractivity contribution in [2.24, 2.45) is 0 Å². The number of ether oxygens (including phenoxy) is 2. The summed E-state index contributed by atoms with van der Waals surface area (Å²) in [6.45, 7) is 1.80. The van der Waals surface area contributed by atoms with E-state index < -0.39 is 5.97 Å². The standard InChI is InChI=1S/C15H20N2O4/c1-20-13-8-10(7-11(9-13)15(19)21-2)14(18)17-12-3-5-16-6-4-12/h7-9,12,16H,3-6H2,1-2H3,(H,17,18). The van der Waals surface area contributed by atoms with Gasteiger partial charge in [-0.3, -0.25) is 4.79 Å². The highest BCUT2D eigenvalue weighted by Crippen LogP contribution is 2.18. The first-order valence-electron chi connectivity index (χ1n) is 6.93. The SMILES string of the molecule is COC(=O)c1cc(OC)cc(C(=O)NC2CCNCC2)c1. The van der Waals surface area contributed by atoms with Gasteiger partial charge in [0.25, 0.3) is 5.91 Å². The largest absolute Gasteiger partial charge is 0.497 e. The van der Waals surface area contributed by atoms with Gasteiger partial charge < -0.3 is 20.1 Å². The molecule has 1 aromatic carbocycles. The van der Waals surface area contributed by atoms with Crippen LogP contribution in [-0.4, -0.2) is 45.2 Å². The molecule has 1 aliphatic rings. The zero-order chi connectivity index (χ0) is 15.2. The van der Waals surface area contributed by atoms with Crippen LogP contribution in [0.25, 0.3) is 0 Å². The number of amides is 1. The molecule has 114 valence electrons. The van der Waals surface area contributed by atoms with Crippen molar-refractivity contribution in [1.82, 2.24) is 10.6 Å². The summed E-state index contributed by atoms with van der Waals surface area (Å²) < 4.78 is 9.82. The zero-order valence-corrected chi connectivity index (χ0v) is 12.3. The van der Waals surface area contributed by atoms with Crippen molar-refractivity contribution in [1.29, 1.82) is 0 Å². The lowest BCUT2D eigenvalue weighted by Crippen LogP contribution is -2.42. The Bertz CT molecular complexity index is 524. The Labute approximate surface area is 123 Å². The molecule has 0 aliphatic carbocycles. The molecule has 6 heteroatoms. The third-order valence-corrected chi connectivity index (χ3v) is 3.50. The van der Waals surface area contributed by atoms with Gasteiger partial charge in [0.1, 0.15) is 5.75 Å². The Morgan fingerprint density at radius 2 is 1.81 bits per heavy atom. The lowest BCUT2D eigenvalue weighted by Gasteiger charge is -2.23. The number of benzene rings is 1. The van der Waals surface area contributed by atoms with Crippen molar-refractivity contribution in [2.75, 3.05) is 27.3 Å². The molecule has 2 N–H and O–H groups in total. The van der Waals surface area contributed by atoms with Crippen molar-refractivity contribution >= 4 is 11.9 Å². The number of piperidine rings is 1. The number of methoxy groups -OCH3 is 2. The van der Waals surface area contributed by atoms with Gasteiger partial charge in [0.2, 0.25) is 0 Å². The number of nitrogens with one attached hydrogen (secondary N) is 2. The number of hydrogen-bond acceptors (Lipinski definition) is 5. The normalized spacial score (nSPS) is 15.3. The van der Waals surface area contributed by atoms with Crippen LogP contribution in [0.15, 0.2) is 18.2 Å². The highest BCUT2D eigenvalue weighted by molar-refractivity contribution is 5.98. The zero-order valence-electron chi connectivity index (χ0n) is 12.3. The summed E-state index contributed by atoms with van der Waals surface area (Å²) >= 11 is 0. The van der Waals surface area contributed by atoms with Crippen LogP contribution in [0.5, 0.6) is 5.75 Å². The van der Waals surface area contributed by atoms with E-state index in [4.69, 9.17) is 4.74 Å². The molecule has 21 heavy (non-hydrogen) atoms. The van der Waals surface area contributed by atoms with Gasteiger partial charge in [-0.15, -0.1) is 0 Å². The molecule has 1 fully saturated rings. The average molecular weight is 292 g/mol. The first-order valence-corrected chi connectivity index (χ1v) is 6.93. The molecule has 0 spiro atoms. The maximum atomic E-state index is 12.3. The van der Waals surface area contributed by atoms with Crippen LogP contribution in [0.2, 0.25) is 0 Å². The molecule has 0 bridgehead atoms. The van der Waals surface area contributed by atoms with E-state index in [-0.39, 0.29) is 11.9 Å². The second-order valence-corrected chi connectivity index (χ2v) is 4.94. The maximum Gasteiger partial charge on any atom is 0.338 e. The van der Waals surface area contributed by atoms with Crippen LogP contribution in [-0.2, 0) is 4.74 Å². The Hall–Kier alpha value is -2.08. The van der Waals surface area contributed by atoms with Crippen LogP contribution in [0.3, 0.4) is 0 Å². The lowest BCUT2D eigenvalue weighted by molar-refractivity contribution is 0.0600. The predicted octanol–water partition coefficient (Wildman–Crippen LogP) is 0.964. The summed E-state index contributed by atoms with van der Waals surface area (Å²) in [4.78, 5) is 23.9. The fourth-order valence-electron chi connectivity index (χ4n) is 2.32. The number of hydrogen-bond donors (Lipinski definition) is 2. The minimum Gasteiger partial charge on any atom is -0.497 e. The van der Waals surface area contributed by atoms with Gasteiger partial charge in [-0.1, -0.05) is 0 Å². The van der Waals surface area contributed by atoms with E-state index in [0.29, 0.717) is 16.9 Å². The number of carbonyl (C=O) groups is 2. The molecular formula is C15H20N2O4. The van der Waals surface area contributed by atoms with E-state index in [0.717, 1.165) is 25.9 Å². The first-order chi connectivity index (χ1) is 10.1. The fraction of sp³-hybridized carbons (Fsp3) is 0.467. The molecule has 0 aromatic heterocycles. The van der Waals surface area contributed by atoms with Gasteiger partial charge in [0.15, 0.2) is 0 Å². The second-order valence-electron chi connectivity index (χ2n) is 4.94. The van der Waals surface area contributed by atoms with E-state index in [9.17, 15) is 9.59 Å². The molecule has 0 unspecified atom stereocenters. The third kappa shape index (κ3) is 3.95. The van der Waals surface area contributed by atoms with E-state index >= 15 is 0 Å². The Morgan fingerprint density at radius 1 is 1.14 bits per heavy atom. The molecule has 1 aromatic rings. The van der Waals surface area contributed by atoms with Crippen LogP contribution in [0.1, 0.15) is 33.6 Å². The smallest absolute Gasteiger partial charge is 0.338 e. The Kier molecular flexibility index (Phi) is 5.16. The fourth-order valence-corrected chi connectivity index (χ4v) is 2.32. The first kappa shape index (κ1) is 15.3. The van der Waals surface area contributed by atoms with Crippen LogP contribution >= 0.6 is 0 Å². The molecule has 0 atom stereocenters. The van der Waals surface area contributed by atoms with Crippen molar-refractivity contribution in [2.45, 2.75) is 18.9 Å². The topological polar surface area (TPSA) is 76.7 Å². The van der Waals surface area contributed by atoms with Gasteiger partial charge in [-0.2, -0.15) is 0 Å². The highest BCUT2D eigenvalue weighted by Gasteiger charge is 2.18. The molecule has 1 saturated heterocycles. The summed E-state index contributed by atoms with van der Waals surface area (Å²) in [5.74, 6) is -0.246. The van der Waals surface area contributed by atoms with Gasteiger partial charge in [-0.05, 0) is 44.1 Å². The van der Waals surface area contributed by atoms with Gasteiger partial charge in [-0.25, -0.2) is 4.79 Å². The number of carbonyl (C=O) groups excluding carboxylic acids is 2. The van der Waals surface area contributed by atoms with E-state index in [1.165, 1.54) is 20.3 Å². The highest BCUT2D eigenvalue weighted by atomic mass is 16.5. The molecule has 0 radical (unpaired) electrons. The van der Waals surface area contributed by atoms with Gasteiger partial charge in [0, 0.05) is 11.6 Å². The van der Waals surface area contributed by atoms with Crippen LogP contribution in [0, 0.1) is 0 Å². The monoisotopic (exact) mass is 292 g/mol. The molecule has 1 heterocycles. The average Bonchev–Trinajstić information content (AvgIpc) is 2.54.